The number of hydrogen-bond donors (Lipinski definition) is 2. The maximum Gasteiger partial charge on any atom is 0.315 e. The van der Waals surface area contributed by atoms with Crippen LogP contribution in [-0.2, 0) is 4.74 Å². The second kappa shape index (κ2) is 5.97. The molecule has 2 N–H and O–H groups in total. The van der Waals surface area contributed by atoms with Crippen LogP contribution in [0, 0.1) is 0 Å². The van der Waals surface area contributed by atoms with Gasteiger partial charge < -0.3 is 19.8 Å². The summed E-state index contributed by atoms with van der Waals surface area (Å²) in [4.78, 5) is 0. The third-order valence-electron chi connectivity index (χ3n) is 2.81. The molecule has 6 heteroatoms. The Morgan fingerprint density at radius 3 is 3.06 bits per heavy atom. The molecule has 1 aliphatic rings. The van der Waals surface area contributed by atoms with E-state index in [1.54, 1.807) is 0 Å². The lowest BCUT2D eigenvalue weighted by Crippen LogP contribution is -2.30. The molecular formula is C11H20N4O2. The van der Waals surface area contributed by atoms with Gasteiger partial charge in [-0.1, -0.05) is 12.0 Å². The van der Waals surface area contributed by atoms with Gasteiger partial charge in [0.25, 0.3) is 0 Å². The Morgan fingerprint density at radius 2 is 2.35 bits per heavy atom. The SMILES string of the molecule is CCNC(C)c1nnc(NC2CCCOC2)o1. The van der Waals surface area contributed by atoms with E-state index in [1.807, 2.05) is 13.8 Å². The predicted molar refractivity (Wildman–Crippen MR) is 63.9 cm³/mol. The smallest absolute Gasteiger partial charge is 0.315 e. The van der Waals surface area contributed by atoms with Gasteiger partial charge >= 0.3 is 6.01 Å². The molecule has 1 aliphatic heterocycles. The molecule has 1 aromatic rings. The van der Waals surface area contributed by atoms with Gasteiger partial charge in [0.05, 0.1) is 18.7 Å². The Hall–Kier alpha value is -1.14. The summed E-state index contributed by atoms with van der Waals surface area (Å²) in [5, 5.41) is 14.4. The zero-order chi connectivity index (χ0) is 12.1. The summed E-state index contributed by atoms with van der Waals surface area (Å²) < 4.78 is 10.9. The molecule has 1 aromatic heterocycles. The first-order valence-corrected chi connectivity index (χ1v) is 6.20. The van der Waals surface area contributed by atoms with Crippen LogP contribution < -0.4 is 10.6 Å². The molecule has 2 rings (SSSR count). The van der Waals surface area contributed by atoms with Gasteiger partial charge in [0.15, 0.2) is 0 Å². The largest absolute Gasteiger partial charge is 0.406 e. The Kier molecular flexibility index (Phi) is 4.33. The highest BCUT2D eigenvalue weighted by Gasteiger charge is 2.18. The summed E-state index contributed by atoms with van der Waals surface area (Å²) in [7, 11) is 0. The van der Waals surface area contributed by atoms with Gasteiger partial charge in [0.1, 0.15) is 0 Å². The molecule has 0 bridgehead atoms. The normalized spacial score (nSPS) is 22.4. The minimum atomic E-state index is 0.0886. The first-order valence-electron chi connectivity index (χ1n) is 6.20. The number of hydrogen-bond acceptors (Lipinski definition) is 6. The second-order valence-electron chi connectivity index (χ2n) is 4.28. The van der Waals surface area contributed by atoms with Crippen LogP contribution in [0.2, 0.25) is 0 Å². The lowest BCUT2D eigenvalue weighted by molar-refractivity contribution is 0.0868. The van der Waals surface area contributed by atoms with Crippen molar-refractivity contribution in [3.8, 4) is 0 Å². The molecule has 0 spiro atoms. The average Bonchev–Trinajstić information content (AvgIpc) is 2.79. The van der Waals surface area contributed by atoms with E-state index in [4.69, 9.17) is 9.15 Å². The third kappa shape index (κ3) is 3.41. The number of aromatic nitrogens is 2. The average molecular weight is 240 g/mol. The van der Waals surface area contributed by atoms with E-state index in [0.717, 1.165) is 26.0 Å². The fourth-order valence-electron chi connectivity index (χ4n) is 1.89. The fourth-order valence-corrected chi connectivity index (χ4v) is 1.89. The number of anilines is 1. The van der Waals surface area contributed by atoms with E-state index in [1.165, 1.54) is 0 Å². The highest BCUT2D eigenvalue weighted by molar-refractivity contribution is 5.20. The molecule has 1 saturated heterocycles. The molecule has 6 nitrogen and oxygen atoms in total. The molecule has 0 radical (unpaired) electrons. The predicted octanol–water partition coefficient (Wildman–Crippen LogP) is 1.33. The maximum atomic E-state index is 5.55. The molecule has 96 valence electrons. The van der Waals surface area contributed by atoms with E-state index in [0.29, 0.717) is 18.5 Å². The molecule has 0 aromatic carbocycles. The second-order valence-corrected chi connectivity index (χ2v) is 4.28. The summed E-state index contributed by atoms with van der Waals surface area (Å²) in [5.41, 5.74) is 0. The number of nitrogens with zero attached hydrogens (tertiary/aromatic N) is 2. The Morgan fingerprint density at radius 1 is 1.47 bits per heavy atom. The topological polar surface area (TPSA) is 72.2 Å². The zero-order valence-electron chi connectivity index (χ0n) is 10.4. The number of ether oxygens (including phenoxy) is 1. The molecule has 2 heterocycles. The molecule has 17 heavy (non-hydrogen) atoms. The molecule has 0 aliphatic carbocycles. The van der Waals surface area contributed by atoms with Gasteiger partial charge in [-0.3, -0.25) is 0 Å². The van der Waals surface area contributed by atoms with Crippen molar-refractivity contribution < 1.29 is 9.15 Å². The van der Waals surface area contributed by atoms with Gasteiger partial charge in [-0.25, -0.2) is 0 Å². The van der Waals surface area contributed by atoms with Crippen LogP contribution in [0.5, 0.6) is 0 Å². The standard InChI is InChI=1S/C11H20N4O2/c1-3-12-8(2)10-14-15-11(17-10)13-9-5-4-6-16-7-9/h8-9,12H,3-7H2,1-2H3,(H,13,15). The van der Waals surface area contributed by atoms with Crippen LogP contribution in [0.4, 0.5) is 6.01 Å². The molecule has 2 unspecified atom stereocenters. The van der Waals surface area contributed by atoms with Gasteiger partial charge in [0, 0.05) is 6.61 Å². The van der Waals surface area contributed by atoms with Crippen molar-refractivity contribution in [1.82, 2.24) is 15.5 Å². The van der Waals surface area contributed by atoms with Gasteiger partial charge in [0.2, 0.25) is 5.89 Å². The monoisotopic (exact) mass is 240 g/mol. The van der Waals surface area contributed by atoms with Crippen LogP contribution in [0.1, 0.15) is 38.6 Å². The zero-order valence-corrected chi connectivity index (χ0v) is 10.4. The number of nitrogens with one attached hydrogen (secondary N) is 2. The van der Waals surface area contributed by atoms with E-state index in [-0.39, 0.29) is 12.1 Å². The quantitative estimate of drug-likeness (QED) is 0.809. The first kappa shape index (κ1) is 12.3. The summed E-state index contributed by atoms with van der Waals surface area (Å²) in [6.45, 7) is 6.49. The van der Waals surface area contributed by atoms with Crippen LogP contribution in [-0.4, -0.2) is 36.0 Å². The molecule has 0 saturated carbocycles. The van der Waals surface area contributed by atoms with Crippen molar-refractivity contribution >= 4 is 6.01 Å². The molecule has 2 atom stereocenters. The van der Waals surface area contributed by atoms with Crippen LogP contribution in [0.25, 0.3) is 0 Å². The van der Waals surface area contributed by atoms with Crippen LogP contribution in [0.15, 0.2) is 4.42 Å². The van der Waals surface area contributed by atoms with Crippen molar-refractivity contribution in [2.75, 3.05) is 25.1 Å². The highest BCUT2D eigenvalue weighted by Crippen LogP contribution is 2.16. The van der Waals surface area contributed by atoms with E-state index in [9.17, 15) is 0 Å². The summed E-state index contributed by atoms with van der Waals surface area (Å²) in [6, 6.07) is 0.859. The fraction of sp³-hybridized carbons (Fsp3) is 0.818. The highest BCUT2D eigenvalue weighted by atomic mass is 16.5. The summed E-state index contributed by atoms with van der Waals surface area (Å²) in [5.74, 6) is 0.617. The van der Waals surface area contributed by atoms with Crippen molar-refractivity contribution in [1.29, 1.82) is 0 Å². The lowest BCUT2D eigenvalue weighted by atomic mass is 10.1. The summed E-state index contributed by atoms with van der Waals surface area (Å²) in [6.07, 6.45) is 2.16. The molecule has 0 amide bonds. The maximum absolute atomic E-state index is 5.55. The third-order valence-corrected chi connectivity index (χ3v) is 2.81. The van der Waals surface area contributed by atoms with Crippen molar-refractivity contribution in [2.45, 2.75) is 38.8 Å². The van der Waals surface area contributed by atoms with Gasteiger partial charge in [-0.2, -0.15) is 0 Å². The molecular weight excluding hydrogens is 220 g/mol. The minimum Gasteiger partial charge on any atom is -0.406 e. The lowest BCUT2D eigenvalue weighted by Gasteiger charge is -2.21. The van der Waals surface area contributed by atoms with E-state index < -0.39 is 0 Å². The summed E-state index contributed by atoms with van der Waals surface area (Å²) >= 11 is 0. The number of rotatable bonds is 5. The van der Waals surface area contributed by atoms with Gasteiger partial charge in [-0.05, 0) is 26.3 Å². The van der Waals surface area contributed by atoms with Crippen LogP contribution >= 0.6 is 0 Å². The Labute approximate surface area is 101 Å². The van der Waals surface area contributed by atoms with Crippen molar-refractivity contribution in [3.05, 3.63) is 5.89 Å². The van der Waals surface area contributed by atoms with E-state index in [2.05, 4.69) is 20.8 Å². The van der Waals surface area contributed by atoms with E-state index >= 15 is 0 Å². The Bertz CT molecular complexity index is 336. The van der Waals surface area contributed by atoms with Gasteiger partial charge in [-0.15, -0.1) is 5.10 Å². The van der Waals surface area contributed by atoms with Crippen molar-refractivity contribution in [3.63, 3.8) is 0 Å². The first-order chi connectivity index (χ1) is 8.29. The molecule has 1 fully saturated rings. The van der Waals surface area contributed by atoms with Crippen LogP contribution in [0.3, 0.4) is 0 Å². The van der Waals surface area contributed by atoms with Crippen molar-refractivity contribution in [2.24, 2.45) is 0 Å². The minimum absolute atomic E-state index is 0.0886. The Balaban J connectivity index is 1.88.